The molecule has 10 heteroatoms. The summed E-state index contributed by atoms with van der Waals surface area (Å²) in [6.45, 7) is -0.510. The van der Waals surface area contributed by atoms with Crippen molar-refractivity contribution in [3.8, 4) is 0 Å². The van der Waals surface area contributed by atoms with Gasteiger partial charge in [-0.3, -0.25) is 39.5 Å². The van der Waals surface area contributed by atoms with Crippen LogP contribution in [0.3, 0.4) is 0 Å². The van der Waals surface area contributed by atoms with Gasteiger partial charge in [0.1, 0.15) is 17.9 Å². The quantitative estimate of drug-likeness (QED) is 0.421. The van der Waals surface area contributed by atoms with Gasteiger partial charge < -0.3 is 0 Å². The van der Waals surface area contributed by atoms with E-state index in [0.717, 1.165) is 17.1 Å². The van der Waals surface area contributed by atoms with E-state index in [1.54, 1.807) is 0 Å². The van der Waals surface area contributed by atoms with Crippen molar-refractivity contribution in [2.75, 3.05) is 6.54 Å². The van der Waals surface area contributed by atoms with E-state index in [2.05, 4.69) is 0 Å². The van der Waals surface area contributed by atoms with Crippen LogP contribution in [-0.4, -0.2) is 51.9 Å². The smallest absolute Gasteiger partial charge is 0.287 e. The highest BCUT2D eigenvalue weighted by Gasteiger charge is 2.46. The summed E-state index contributed by atoms with van der Waals surface area (Å²) in [6.07, 6.45) is 1.70. The Balaban J connectivity index is 1.94. The first-order valence-corrected chi connectivity index (χ1v) is 5.67. The lowest BCUT2D eigenvalue weighted by Crippen LogP contribution is -2.37. The zero-order valence-corrected chi connectivity index (χ0v) is 10.2. The van der Waals surface area contributed by atoms with Crippen LogP contribution in [-0.2, 0) is 24.0 Å². The number of amides is 7. The number of carbonyl (C=O) groups excluding carboxylic acids is 6. The van der Waals surface area contributed by atoms with E-state index in [4.69, 9.17) is 0 Å². The molecule has 0 unspecified atom stereocenters. The highest BCUT2D eigenvalue weighted by Crippen LogP contribution is 2.23. The van der Waals surface area contributed by atoms with Gasteiger partial charge in [0.15, 0.2) is 0 Å². The van der Waals surface area contributed by atoms with Gasteiger partial charge in [-0.05, 0) is 0 Å². The van der Waals surface area contributed by atoms with E-state index in [0.29, 0.717) is 4.90 Å². The van der Waals surface area contributed by atoms with Gasteiger partial charge in [0.2, 0.25) is 0 Å². The molecule has 7 amide bonds. The predicted octanol–water partition coefficient (Wildman–Crippen LogP) is -2.67. The zero-order valence-electron chi connectivity index (χ0n) is 10.2. The first-order valence-electron chi connectivity index (χ1n) is 5.67. The first kappa shape index (κ1) is 12.7. The molecule has 0 bridgehead atoms. The number of hydrogen-bond donors (Lipinski definition) is 2. The van der Waals surface area contributed by atoms with Gasteiger partial charge in [-0.25, -0.2) is 9.69 Å². The number of nitrogens with zero attached hydrogens (tertiary/aromatic N) is 2. The minimum atomic E-state index is -0.979. The SMILES string of the molecule is O=C1C=C(N2CC(=O)N(C3=CC(=O)NC3=O)C2=O)C(=O)N1. The van der Waals surface area contributed by atoms with Crippen LogP contribution >= 0.6 is 0 Å². The Labute approximate surface area is 116 Å². The van der Waals surface area contributed by atoms with Gasteiger partial charge in [-0.1, -0.05) is 0 Å². The van der Waals surface area contributed by atoms with Crippen molar-refractivity contribution in [1.82, 2.24) is 20.4 Å². The van der Waals surface area contributed by atoms with Crippen molar-refractivity contribution in [2.45, 2.75) is 0 Å². The Morgan fingerprint density at radius 3 is 1.81 bits per heavy atom. The third-order valence-electron chi connectivity index (χ3n) is 2.97. The van der Waals surface area contributed by atoms with E-state index in [1.165, 1.54) is 0 Å². The summed E-state index contributed by atoms with van der Waals surface area (Å²) in [6, 6.07) is -0.979. The highest BCUT2D eigenvalue weighted by molar-refractivity contribution is 6.23. The molecule has 0 saturated carbocycles. The van der Waals surface area contributed by atoms with Gasteiger partial charge in [-0.2, -0.15) is 0 Å². The molecule has 0 aliphatic carbocycles. The van der Waals surface area contributed by atoms with Crippen molar-refractivity contribution in [2.24, 2.45) is 0 Å². The Morgan fingerprint density at radius 1 is 0.810 bits per heavy atom. The van der Waals surface area contributed by atoms with Crippen LogP contribution < -0.4 is 10.6 Å². The molecule has 0 aromatic rings. The number of imide groups is 3. The second-order valence-corrected chi connectivity index (χ2v) is 4.29. The van der Waals surface area contributed by atoms with Gasteiger partial charge in [0.25, 0.3) is 29.5 Å². The fraction of sp³-hybridized carbons (Fsp3) is 0.0909. The maximum Gasteiger partial charge on any atom is 0.336 e. The number of nitrogens with one attached hydrogen (secondary N) is 2. The van der Waals surface area contributed by atoms with E-state index >= 15 is 0 Å². The molecule has 3 aliphatic heterocycles. The molecule has 2 N–H and O–H groups in total. The van der Waals surface area contributed by atoms with Crippen LogP contribution in [0.2, 0.25) is 0 Å². The van der Waals surface area contributed by atoms with Crippen LogP contribution in [0.5, 0.6) is 0 Å². The lowest BCUT2D eigenvalue weighted by Gasteiger charge is -2.16. The summed E-state index contributed by atoms with van der Waals surface area (Å²) < 4.78 is 0. The lowest BCUT2D eigenvalue weighted by molar-refractivity contribution is -0.129. The fourth-order valence-electron chi connectivity index (χ4n) is 2.10. The molecule has 0 spiro atoms. The average Bonchev–Trinajstić information content (AvgIpc) is 2.97. The molecule has 0 atom stereocenters. The van der Waals surface area contributed by atoms with Crippen molar-refractivity contribution in [1.29, 1.82) is 0 Å². The summed E-state index contributed by atoms with van der Waals surface area (Å²) in [5.41, 5.74) is -0.700. The summed E-state index contributed by atoms with van der Waals surface area (Å²) in [7, 11) is 0. The fourth-order valence-corrected chi connectivity index (χ4v) is 2.10. The second-order valence-electron chi connectivity index (χ2n) is 4.29. The summed E-state index contributed by atoms with van der Waals surface area (Å²) in [5.74, 6) is -3.94. The molecule has 0 radical (unpaired) electrons. The summed E-state index contributed by atoms with van der Waals surface area (Å²) >= 11 is 0. The minimum Gasteiger partial charge on any atom is -0.287 e. The molecule has 3 rings (SSSR count). The number of carbonyl (C=O) groups is 6. The minimum absolute atomic E-state index is 0.286. The van der Waals surface area contributed by atoms with E-state index in [-0.39, 0.29) is 5.70 Å². The molecule has 0 aromatic heterocycles. The van der Waals surface area contributed by atoms with Gasteiger partial charge in [0, 0.05) is 12.2 Å². The first-order chi connectivity index (χ1) is 9.88. The summed E-state index contributed by atoms with van der Waals surface area (Å²) in [5, 5.41) is 3.84. The Bertz CT molecular complexity index is 718. The second kappa shape index (κ2) is 4.10. The van der Waals surface area contributed by atoms with Gasteiger partial charge in [-0.15, -0.1) is 0 Å². The largest absolute Gasteiger partial charge is 0.336 e. The average molecular weight is 290 g/mol. The Kier molecular flexibility index (Phi) is 2.48. The van der Waals surface area contributed by atoms with Crippen LogP contribution in [0.1, 0.15) is 0 Å². The lowest BCUT2D eigenvalue weighted by atomic mass is 10.4. The Morgan fingerprint density at radius 2 is 1.33 bits per heavy atom. The van der Waals surface area contributed by atoms with Crippen molar-refractivity contribution in [3.05, 3.63) is 23.5 Å². The van der Waals surface area contributed by atoms with Crippen molar-refractivity contribution < 1.29 is 28.8 Å². The molecule has 106 valence electrons. The van der Waals surface area contributed by atoms with Crippen molar-refractivity contribution >= 4 is 35.6 Å². The molecule has 1 saturated heterocycles. The standard InChI is InChI=1S/C11H6N4O6/c16-6-1-4(9(19)12-6)14-3-8(18)15(11(14)21)5-2-7(17)13-10(5)20/h1-2H,3H2,(H,12,16,19)(H,13,17,20). The van der Waals surface area contributed by atoms with Crippen LogP contribution in [0.25, 0.3) is 0 Å². The van der Waals surface area contributed by atoms with E-state index < -0.39 is 47.8 Å². The number of rotatable bonds is 2. The van der Waals surface area contributed by atoms with Gasteiger partial charge in [0.05, 0.1) is 0 Å². The molecule has 10 nitrogen and oxygen atoms in total. The topological polar surface area (TPSA) is 133 Å². The predicted molar refractivity (Wildman–Crippen MR) is 61.4 cm³/mol. The molecule has 21 heavy (non-hydrogen) atoms. The normalized spacial score (nSPS) is 21.9. The van der Waals surface area contributed by atoms with Crippen LogP contribution in [0.15, 0.2) is 23.5 Å². The summed E-state index contributed by atoms with van der Waals surface area (Å²) in [4.78, 5) is 70.4. The third-order valence-corrected chi connectivity index (χ3v) is 2.97. The van der Waals surface area contributed by atoms with Crippen LogP contribution in [0.4, 0.5) is 4.79 Å². The maximum atomic E-state index is 12.2. The third kappa shape index (κ3) is 1.81. The molecule has 3 aliphatic rings. The monoisotopic (exact) mass is 290 g/mol. The molecule has 1 fully saturated rings. The van der Waals surface area contributed by atoms with Gasteiger partial charge >= 0.3 is 6.03 Å². The Hall–Kier alpha value is -3.30. The number of hydrogen-bond acceptors (Lipinski definition) is 6. The molecular weight excluding hydrogens is 284 g/mol. The highest BCUT2D eigenvalue weighted by atomic mass is 16.2. The van der Waals surface area contributed by atoms with E-state index in [9.17, 15) is 28.8 Å². The maximum absolute atomic E-state index is 12.2. The zero-order chi connectivity index (χ0) is 15.3. The molecular formula is C11H6N4O6. The molecule has 0 aromatic carbocycles. The number of urea groups is 1. The van der Waals surface area contributed by atoms with E-state index in [1.807, 2.05) is 10.6 Å². The van der Waals surface area contributed by atoms with Crippen molar-refractivity contribution in [3.63, 3.8) is 0 Å². The molecule has 3 heterocycles. The van der Waals surface area contributed by atoms with Crippen LogP contribution in [0, 0.1) is 0 Å².